The highest BCUT2D eigenvalue weighted by Crippen LogP contribution is 2.40. The average Bonchev–Trinajstić information content (AvgIpc) is 2.91. The molecule has 0 atom stereocenters. The standard InChI is InChI=1S/C28H34O10/c1-33-21-15-19(9-11-25(29)30)16-22(34-2)27(21)37-13-7-5-6-8-14-38-28-23(35-3)17-20(10-12-26(31)32)18-24(28)36-4/h9-12,15-18H,5-8,13-14H2,1-4H3,(H,29,30)(H,31,32). The SMILES string of the molecule is COc1cc(C=CC(=O)O)cc(OC)c1OCCCCCCOc1c(OC)cc(C=CC(=O)O)cc1OC. The fourth-order valence-corrected chi connectivity index (χ4v) is 3.52. The van der Waals surface area contributed by atoms with E-state index < -0.39 is 11.9 Å². The van der Waals surface area contributed by atoms with Gasteiger partial charge in [-0.15, -0.1) is 0 Å². The van der Waals surface area contributed by atoms with Gasteiger partial charge < -0.3 is 38.6 Å². The molecule has 0 aromatic heterocycles. The molecule has 206 valence electrons. The molecule has 0 unspecified atom stereocenters. The Balaban J connectivity index is 1.85. The van der Waals surface area contributed by atoms with E-state index in [0.717, 1.165) is 37.8 Å². The normalized spacial score (nSPS) is 10.9. The quantitative estimate of drug-likeness (QED) is 0.214. The smallest absolute Gasteiger partial charge is 0.328 e. The summed E-state index contributed by atoms with van der Waals surface area (Å²) >= 11 is 0. The van der Waals surface area contributed by atoms with Gasteiger partial charge >= 0.3 is 11.9 Å². The van der Waals surface area contributed by atoms with Gasteiger partial charge in [0.25, 0.3) is 0 Å². The van der Waals surface area contributed by atoms with Crippen molar-refractivity contribution in [3.05, 3.63) is 47.5 Å². The molecule has 2 aromatic rings. The van der Waals surface area contributed by atoms with Crippen LogP contribution in [0.1, 0.15) is 36.8 Å². The summed E-state index contributed by atoms with van der Waals surface area (Å²) in [4.78, 5) is 21.6. The predicted molar refractivity (Wildman–Crippen MR) is 142 cm³/mol. The van der Waals surface area contributed by atoms with Crippen molar-refractivity contribution >= 4 is 24.1 Å². The number of carboxylic acid groups (broad SMARTS) is 2. The lowest BCUT2D eigenvalue weighted by Gasteiger charge is -2.16. The van der Waals surface area contributed by atoms with E-state index in [4.69, 9.17) is 38.6 Å². The minimum atomic E-state index is -1.05. The summed E-state index contributed by atoms with van der Waals surface area (Å²) in [6, 6.07) is 6.75. The Labute approximate surface area is 222 Å². The van der Waals surface area contributed by atoms with Gasteiger partial charge in [-0.05, 0) is 73.2 Å². The largest absolute Gasteiger partial charge is 0.493 e. The van der Waals surface area contributed by atoms with Gasteiger partial charge in [0.05, 0.1) is 41.7 Å². The molecule has 2 aromatic carbocycles. The molecule has 0 saturated carbocycles. The molecule has 10 heteroatoms. The zero-order chi connectivity index (χ0) is 27.9. The highest BCUT2D eigenvalue weighted by molar-refractivity contribution is 5.86. The topological polar surface area (TPSA) is 130 Å². The van der Waals surface area contributed by atoms with E-state index in [9.17, 15) is 9.59 Å². The minimum absolute atomic E-state index is 0.449. The third-order valence-electron chi connectivity index (χ3n) is 5.33. The number of methoxy groups -OCH3 is 4. The second kappa shape index (κ2) is 15.7. The van der Waals surface area contributed by atoms with Crippen LogP contribution in [0.2, 0.25) is 0 Å². The van der Waals surface area contributed by atoms with Crippen molar-refractivity contribution in [1.82, 2.24) is 0 Å². The van der Waals surface area contributed by atoms with Gasteiger partial charge in [-0.2, -0.15) is 0 Å². The number of hydrogen-bond donors (Lipinski definition) is 2. The van der Waals surface area contributed by atoms with Crippen LogP contribution in [0.15, 0.2) is 36.4 Å². The Morgan fingerprint density at radius 2 is 0.921 bits per heavy atom. The van der Waals surface area contributed by atoms with Crippen molar-refractivity contribution in [3.8, 4) is 34.5 Å². The van der Waals surface area contributed by atoms with Gasteiger partial charge in [-0.3, -0.25) is 0 Å². The second-order valence-corrected chi connectivity index (χ2v) is 7.96. The van der Waals surface area contributed by atoms with Gasteiger partial charge in [-0.25, -0.2) is 9.59 Å². The number of rotatable bonds is 17. The molecule has 2 N–H and O–H groups in total. The summed E-state index contributed by atoms with van der Waals surface area (Å²) in [5.74, 6) is 0.652. The Hall–Kier alpha value is -4.34. The molecular weight excluding hydrogens is 496 g/mol. The molecular formula is C28H34O10. The molecule has 0 fully saturated rings. The summed E-state index contributed by atoms with van der Waals surface area (Å²) in [5, 5.41) is 17.7. The van der Waals surface area contributed by atoms with E-state index >= 15 is 0 Å². The fourth-order valence-electron chi connectivity index (χ4n) is 3.52. The molecule has 0 radical (unpaired) electrons. The lowest BCUT2D eigenvalue weighted by molar-refractivity contribution is -0.132. The molecule has 0 spiro atoms. The second-order valence-electron chi connectivity index (χ2n) is 7.96. The van der Waals surface area contributed by atoms with E-state index in [-0.39, 0.29) is 0 Å². The van der Waals surface area contributed by atoms with Crippen molar-refractivity contribution < 1.29 is 48.2 Å². The molecule has 0 aliphatic rings. The first-order valence-electron chi connectivity index (χ1n) is 11.9. The van der Waals surface area contributed by atoms with Crippen molar-refractivity contribution in [1.29, 1.82) is 0 Å². The van der Waals surface area contributed by atoms with Crippen LogP contribution in [0.5, 0.6) is 34.5 Å². The summed E-state index contributed by atoms with van der Waals surface area (Å²) in [6.45, 7) is 0.899. The van der Waals surface area contributed by atoms with Crippen LogP contribution >= 0.6 is 0 Å². The van der Waals surface area contributed by atoms with Crippen LogP contribution in [0.3, 0.4) is 0 Å². The van der Waals surface area contributed by atoms with Crippen LogP contribution in [-0.4, -0.2) is 63.8 Å². The van der Waals surface area contributed by atoms with E-state index in [2.05, 4.69) is 0 Å². The lowest BCUT2D eigenvalue weighted by atomic mass is 10.1. The third kappa shape index (κ3) is 9.27. The first kappa shape index (κ1) is 29.9. The van der Waals surface area contributed by atoms with E-state index in [1.807, 2.05) is 0 Å². The van der Waals surface area contributed by atoms with Gasteiger partial charge in [0, 0.05) is 12.2 Å². The Kier molecular flexibility index (Phi) is 12.4. The molecule has 0 saturated heterocycles. The molecule has 2 rings (SSSR count). The summed E-state index contributed by atoms with van der Waals surface area (Å²) < 4.78 is 33.4. The van der Waals surface area contributed by atoms with Crippen molar-refractivity contribution in [3.63, 3.8) is 0 Å². The third-order valence-corrected chi connectivity index (χ3v) is 5.33. The van der Waals surface area contributed by atoms with E-state index in [1.165, 1.54) is 40.6 Å². The van der Waals surface area contributed by atoms with Crippen molar-refractivity contribution in [2.75, 3.05) is 41.7 Å². The zero-order valence-electron chi connectivity index (χ0n) is 22.0. The molecule has 0 bridgehead atoms. The van der Waals surface area contributed by atoms with Crippen molar-refractivity contribution in [2.45, 2.75) is 25.7 Å². The van der Waals surface area contributed by atoms with Gasteiger partial charge in [0.15, 0.2) is 23.0 Å². The van der Waals surface area contributed by atoms with Crippen LogP contribution in [0.25, 0.3) is 12.2 Å². The first-order valence-corrected chi connectivity index (χ1v) is 11.9. The number of benzene rings is 2. The lowest BCUT2D eigenvalue weighted by Crippen LogP contribution is -2.04. The van der Waals surface area contributed by atoms with Crippen LogP contribution in [0.4, 0.5) is 0 Å². The van der Waals surface area contributed by atoms with Crippen LogP contribution in [0, 0.1) is 0 Å². The predicted octanol–water partition coefficient (Wildman–Crippen LogP) is 4.93. The number of aliphatic carboxylic acids is 2. The molecule has 0 aliphatic carbocycles. The van der Waals surface area contributed by atoms with Gasteiger partial charge in [0.1, 0.15) is 0 Å². The molecule has 0 heterocycles. The Bertz CT molecular complexity index is 997. The first-order chi connectivity index (χ1) is 18.3. The van der Waals surface area contributed by atoms with E-state index in [0.29, 0.717) is 58.8 Å². The summed E-state index contributed by atoms with van der Waals surface area (Å²) in [5.41, 5.74) is 1.24. The highest BCUT2D eigenvalue weighted by atomic mass is 16.5. The zero-order valence-corrected chi connectivity index (χ0v) is 22.0. The maximum absolute atomic E-state index is 10.8. The summed E-state index contributed by atoms with van der Waals surface area (Å²) in [7, 11) is 6.04. The monoisotopic (exact) mass is 530 g/mol. The molecule has 38 heavy (non-hydrogen) atoms. The van der Waals surface area contributed by atoms with Crippen molar-refractivity contribution in [2.24, 2.45) is 0 Å². The van der Waals surface area contributed by atoms with Crippen LogP contribution in [-0.2, 0) is 9.59 Å². The molecule has 0 aliphatic heterocycles. The number of unbranched alkanes of at least 4 members (excludes halogenated alkanes) is 3. The molecule has 10 nitrogen and oxygen atoms in total. The Morgan fingerprint density at radius 3 is 1.18 bits per heavy atom. The number of ether oxygens (including phenoxy) is 6. The number of carbonyl (C=O) groups is 2. The number of hydrogen-bond acceptors (Lipinski definition) is 8. The van der Waals surface area contributed by atoms with Gasteiger partial charge in [0.2, 0.25) is 11.5 Å². The summed E-state index contributed by atoms with van der Waals surface area (Å²) in [6.07, 6.45) is 8.39. The average molecular weight is 531 g/mol. The highest BCUT2D eigenvalue weighted by Gasteiger charge is 2.15. The fraction of sp³-hybridized carbons (Fsp3) is 0.357. The minimum Gasteiger partial charge on any atom is -0.493 e. The maximum Gasteiger partial charge on any atom is 0.328 e. The maximum atomic E-state index is 10.8. The van der Waals surface area contributed by atoms with Crippen LogP contribution < -0.4 is 28.4 Å². The van der Waals surface area contributed by atoms with E-state index in [1.54, 1.807) is 24.3 Å². The number of carboxylic acids is 2. The van der Waals surface area contributed by atoms with Gasteiger partial charge in [-0.1, -0.05) is 0 Å². The molecule has 0 amide bonds. The Morgan fingerprint density at radius 1 is 0.605 bits per heavy atom.